The normalized spacial score (nSPS) is 14.5. The van der Waals surface area contributed by atoms with E-state index in [1.807, 2.05) is 18.2 Å². The summed E-state index contributed by atoms with van der Waals surface area (Å²) in [4.78, 5) is 14.5. The SMILES string of the molecule is CCc1ccc(-c2cc3ccc(SCC(COC(=O)C(C)(C)C(N)CC(C)(C)N)C(F)(F)F)cc3s2)cc1. The number of rotatable bonds is 11. The zero-order valence-corrected chi connectivity index (χ0v) is 24.2. The van der Waals surface area contributed by atoms with Crippen LogP contribution in [0.15, 0.2) is 53.4 Å². The summed E-state index contributed by atoms with van der Waals surface area (Å²) in [6.07, 6.45) is -3.21. The van der Waals surface area contributed by atoms with Crippen LogP contribution in [0, 0.1) is 11.3 Å². The number of thioether (sulfide) groups is 1. The molecule has 3 rings (SSSR count). The Labute approximate surface area is 231 Å². The Morgan fingerprint density at radius 2 is 1.71 bits per heavy atom. The van der Waals surface area contributed by atoms with Gasteiger partial charge in [0.25, 0.3) is 0 Å². The largest absolute Gasteiger partial charge is 0.465 e. The summed E-state index contributed by atoms with van der Waals surface area (Å²) in [7, 11) is 0. The van der Waals surface area contributed by atoms with Crippen LogP contribution in [0.2, 0.25) is 0 Å². The lowest BCUT2D eigenvalue weighted by Crippen LogP contribution is -2.50. The molecule has 0 aliphatic heterocycles. The molecular weight excluding hydrogens is 529 g/mol. The highest BCUT2D eigenvalue weighted by Crippen LogP contribution is 2.38. The molecule has 0 fully saturated rings. The van der Waals surface area contributed by atoms with Crippen molar-refractivity contribution in [2.75, 3.05) is 12.4 Å². The summed E-state index contributed by atoms with van der Waals surface area (Å²) in [5, 5.41) is 1.05. The van der Waals surface area contributed by atoms with E-state index in [0.29, 0.717) is 6.42 Å². The van der Waals surface area contributed by atoms with Gasteiger partial charge in [0.15, 0.2) is 0 Å². The highest BCUT2D eigenvalue weighted by molar-refractivity contribution is 7.99. The number of thiophene rings is 1. The lowest BCUT2D eigenvalue weighted by molar-refractivity contribution is -0.188. The first kappa shape index (κ1) is 30.5. The van der Waals surface area contributed by atoms with Gasteiger partial charge in [0, 0.05) is 31.8 Å². The Balaban J connectivity index is 1.66. The van der Waals surface area contributed by atoms with E-state index in [2.05, 4.69) is 37.3 Å². The molecule has 0 saturated heterocycles. The van der Waals surface area contributed by atoms with E-state index >= 15 is 0 Å². The van der Waals surface area contributed by atoms with E-state index in [1.165, 1.54) is 5.56 Å². The van der Waals surface area contributed by atoms with Crippen molar-refractivity contribution in [1.29, 1.82) is 0 Å². The number of ether oxygens (including phenoxy) is 1. The Morgan fingerprint density at radius 1 is 1.05 bits per heavy atom. The molecule has 0 aliphatic carbocycles. The lowest BCUT2D eigenvalue weighted by Gasteiger charge is -2.34. The van der Waals surface area contributed by atoms with Crippen molar-refractivity contribution >= 4 is 39.2 Å². The van der Waals surface area contributed by atoms with Gasteiger partial charge >= 0.3 is 12.1 Å². The number of alkyl halides is 3. The summed E-state index contributed by atoms with van der Waals surface area (Å²) >= 11 is 2.72. The molecule has 3 aromatic rings. The van der Waals surface area contributed by atoms with Gasteiger partial charge in [-0.25, -0.2) is 0 Å². The predicted octanol–water partition coefficient (Wildman–Crippen LogP) is 7.43. The first-order valence-electron chi connectivity index (χ1n) is 12.6. The molecule has 4 nitrogen and oxygen atoms in total. The van der Waals surface area contributed by atoms with Gasteiger partial charge in [-0.3, -0.25) is 4.79 Å². The number of nitrogens with two attached hydrogens (primary N) is 2. The molecule has 0 bridgehead atoms. The van der Waals surface area contributed by atoms with E-state index in [1.54, 1.807) is 39.0 Å². The third kappa shape index (κ3) is 7.97. The summed E-state index contributed by atoms with van der Waals surface area (Å²) in [6.45, 7) is 8.07. The van der Waals surface area contributed by atoms with Crippen LogP contribution in [-0.4, -0.2) is 36.1 Å². The van der Waals surface area contributed by atoms with Crippen molar-refractivity contribution in [1.82, 2.24) is 0 Å². The molecule has 2 atom stereocenters. The van der Waals surface area contributed by atoms with E-state index in [9.17, 15) is 18.0 Å². The minimum Gasteiger partial charge on any atom is -0.465 e. The molecule has 0 aliphatic rings. The van der Waals surface area contributed by atoms with Crippen molar-refractivity contribution in [2.45, 2.75) is 70.1 Å². The topological polar surface area (TPSA) is 78.3 Å². The fraction of sp³-hybridized carbons (Fsp3) is 0.483. The minimum absolute atomic E-state index is 0.263. The van der Waals surface area contributed by atoms with Gasteiger partial charge in [0.05, 0.1) is 11.3 Å². The van der Waals surface area contributed by atoms with Crippen LogP contribution in [0.3, 0.4) is 0 Å². The monoisotopic (exact) mass is 566 g/mol. The van der Waals surface area contributed by atoms with Crippen molar-refractivity contribution < 1.29 is 22.7 Å². The number of aryl methyl sites for hydroxylation is 1. The van der Waals surface area contributed by atoms with Crippen molar-refractivity contribution in [3.8, 4) is 10.4 Å². The Kier molecular flexibility index (Phi) is 9.61. The van der Waals surface area contributed by atoms with Gasteiger partial charge in [0.2, 0.25) is 0 Å². The molecular formula is C29H37F3N2O2S2. The lowest BCUT2D eigenvalue weighted by atomic mass is 9.79. The number of halogens is 3. The summed E-state index contributed by atoms with van der Waals surface area (Å²) in [5.74, 6) is -2.82. The number of carbonyl (C=O) groups excluding carboxylic acids is 1. The summed E-state index contributed by atoms with van der Waals surface area (Å²) < 4.78 is 47.6. The molecule has 208 valence electrons. The van der Waals surface area contributed by atoms with Gasteiger partial charge in [-0.05, 0) is 75.2 Å². The van der Waals surface area contributed by atoms with Crippen LogP contribution in [-0.2, 0) is 16.0 Å². The third-order valence-electron chi connectivity index (χ3n) is 6.67. The highest BCUT2D eigenvalue weighted by Gasteiger charge is 2.43. The second-order valence-electron chi connectivity index (χ2n) is 11.0. The molecule has 38 heavy (non-hydrogen) atoms. The number of hydrogen-bond acceptors (Lipinski definition) is 6. The third-order valence-corrected chi connectivity index (χ3v) is 8.97. The summed E-state index contributed by atoms with van der Waals surface area (Å²) in [5.41, 5.74) is 12.8. The van der Waals surface area contributed by atoms with E-state index < -0.39 is 41.7 Å². The van der Waals surface area contributed by atoms with Crippen LogP contribution in [0.4, 0.5) is 13.2 Å². The fourth-order valence-corrected chi connectivity index (χ4v) is 6.14. The maximum atomic E-state index is 13.8. The van der Waals surface area contributed by atoms with Crippen LogP contribution < -0.4 is 11.5 Å². The molecule has 2 aromatic carbocycles. The molecule has 1 heterocycles. The first-order valence-corrected chi connectivity index (χ1v) is 14.4. The molecule has 0 spiro atoms. The Hall–Kier alpha value is -2.07. The molecule has 0 amide bonds. The molecule has 0 saturated carbocycles. The fourth-order valence-electron chi connectivity index (χ4n) is 3.92. The average Bonchev–Trinajstić information content (AvgIpc) is 3.25. The standard InChI is InChI=1S/C29H37F3N2O2S2/c1-6-18-7-9-19(10-8-18)23-13-20-11-12-22(14-24(20)38-23)37-17-21(29(30,31)32)16-36-26(35)28(4,5)25(33)15-27(2,3)34/h7-14,21,25H,6,15-17,33-34H2,1-5H3. The number of fused-ring (bicyclic) bond motifs is 1. The highest BCUT2D eigenvalue weighted by atomic mass is 32.2. The van der Waals surface area contributed by atoms with Gasteiger partial charge in [0.1, 0.15) is 6.61 Å². The van der Waals surface area contributed by atoms with Crippen LogP contribution in [0.5, 0.6) is 0 Å². The Morgan fingerprint density at radius 3 is 2.29 bits per heavy atom. The molecule has 1 aromatic heterocycles. The maximum absolute atomic E-state index is 13.8. The van der Waals surface area contributed by atoms with E-state index in [-0.39, 0.29) is 5.75 Å². The van der Waals surface area contributed by atoms with Gasteiger partial charge < -0.3 is 16.2 Å². The first-order chi connectivity index (χ1) is 17.6. The predicted molar refractivity (Wildman–Crippen MR) is 153 cm³/mol. The van der Waals surface area contributed by atoms with Crippen LogP contribution in [0.1, 0.15) is 46.6 Å². The van der Waals surface area contributed by atoms with E-state index in [0.717, 1.165) is 43.6 Å². The zero-order chi connectivity index (χ0) is 28.3. The van der Waals surface area contributed by atoms with Crippen molar-refractivity contribution in [3.63, 3.8) is 0 Å². The minimum atomic E-state index is -4.51. The van der Waals surface area contributed by atoms with E-state index in [4.69, 9.17) is 16.2 Å². The van der Waals surface area contributed by atoms with Gasteiger partial charge in [-0.15, -0.1) is 23.1 Å². The number of benzene rings is 2. The quantitative estimate of drug-likeness (QED) is 0.186. The second-order valence-corrected chi connectivity index (χ2v) is 13.2. The van der Waals surface area contributed by atoms with Crippen molar-refractivity contribution in [2.24, 2.45) is 22.8 Å². The smallest absolute Gasteiger partial charge is 0.395 e. The number of esters is 1. The molecule has 9 heteroatoms. The average molecular weight is 567 g/mol. The van der Waals surface area contributed by atoms with Crippen LogP contribution >= 0.6 is 23.1 Å². The maximum Gasteiger partial charge on any atom is 0.395 e. The summed E-state index contributed by atoms with van der Waals surface area (Å²) in [6, 6.07) is 15.6. The molecule has 4 N–H and O–H groups in total. The number of hydrogen-bond donors (Lipinski definition) is 2. The second kappa shape index (κ2) is 12.0. The Bertz CT molecular complexity index is 1230. The molecule has 0 radical (unpaired) electrons. The van der Waals surface area contributed by atoms with Gasteiger partial charge in [-0.2, -0.15) is 13.2 Å². The van der Waals surface area contributed by atoms with Gasteiger partial charge in [-0.1, -0.05) is 37.3 Å². The van der Waals surface area contributed by atoms with Crippen molar-refractivity contribution in [3.05, 3.63) is 54.1 Å². The zero-order valence-electron chi connectivity index (χ0n) is 22.5. The molecule has 2 unspecified atom stereocenters. The van der Waals surface area contributed by atoms with Crippen LogP contribution in [0.25, 0.3) is 20.5 Å². The number of carbonyl (C=O) groups is 1.